The van der Waals surface area contributed by atoms with Gasteiger partial charge in [-0.2, -0.15) is 4.98 Å². The van der Waals surface area contributed by atoms with Crippen LogP contribution in [0.1, 0.15) is 25.6 Å². The fourth-order valence-corrected chi connectivity index (χ4v) is 3.17. The molecule has 1 fully saturated rings. The Balaban J connectivity index is 2.31. The van der Waals surface area contributed by atoms with Crippen LogP contribution in [0.5, 0.6) is 0 Å². The molecule has 0 radical (unpaired) electrons. The highest BCUT2D eigenvalue weighted by atomic mass is 79.9. The van der Waals surface area contributed by atoms with Crippen molar-refractivity contribution in [2.45, 2.75) is 44.0 Å². The summed E-state index contributed by atoms with van der Waals surface area (Å²) in [6.07, 6.45) is -0.745. The second-order valence-corrected chi connectivity index (χ2v) is 6.44. The summed E-state index contributed by atoms with van der Waals surface area (Å²) in [5, 5.41) is 0. The van der Waals surface area contributed by atoms with E-state index in [0.717, 1.165) is 0 Å². The Morgan fingerprint density at radius 3 is 2.67 bits per heavy atom. The van der Waals surface area contributed by atoms with Gasteiger partial charge in [0.1, 0.15) is 24.6 Å². The molecule has 9 nitrogen and oxygen atoms in total. The molecular formula is C14H18BrN3O6. The first-order valence-corrected chi connectivity index (χ1v) is 8.07. The van der Waals surface area contributed by atoms with Crippen molar-refractivity contribution in [3.63, 3.8) is 0 Å². The number of carbonyl (C=O) groups is 2. The second-order valence-electron chi connectivity index (χ2n) is 5.39. The lowest BCUT2D eigenvalue weighted by Gasteiger charge is -2.19. The van der Waals surface area contributed by atoms with Crippen LogP contribution < -0.4 is 11.4 Å². The standard InChI is InChI=1S/C14H18BrN3O6/c1-6-4-18(14(21)17-12(6)16)13-10(15)11(23-8(3)20)9(24-13)5-22-7(2)19/h4,9-11,13H,5H2,1-3H3,(H2,16,17,21)/t9-,10+,11-,13-/m1/s1. The Morgan fingerprint density at radius 2 is 2.08 bits per heavy atom. The molecule has 2 heterocycles. The molecule has 0 amide bonds. The molecule has 10 heteroatoms. The van der Waals surface area contributed by atoms with Gasteiger partial charge in [0.05, 0.1) is 4.83 Å². The Hall–Kier alpha value is -1.94. The zero-order chi connectivity index (χ0) is 18.0. The molecule has 1 aromatic rings. The molecule has 2 N–H and O–H groups in total. The highest BCUT2D eigenvalue weighted by molar-refractivity contribution is 9.09. The maximum atomic E-state index is 12.1. The van der Waals surface area contributed by atoms with Gasteiger partial charge in [-0.25, -0.2) is 4.79 Å². The lowest BCUT2D eigenvalue weighted by Crippen LogP contribution is -2.36. The number of aryl methyl sites for hydroxylation is 1. The van der Waals surface area contributed by atoms with E-state index in [2.05, 4.69) is 20.9 Å². The smallest absolute Gasteiger partial charge is 0.351 e. The SMILES string of the molecule is CC(=O)OC[C@H]1O[C@@H](n2cc(C)c(N)nc2=O)[C@@H](Br)[C@@H]1OC(C)=O. The van der Waals surface area contributed by atoms with Gasteiger partial charge in [-0.15, -0.1) is 0 Å². The lowest BCUT2D eigenvalue weighted by atomic mass is 10.2. The molecule has 1 aliphatic heterocycles. The molecule has 0 bridgehead atoms. The van der Waals surface area contributed by atoms with E-state index in [1.54, 1.807) is 6.92 Å². The number of hydrogen-bond acceptors (Lipinski definition) is 8. The topological polar surface area (TPSA) is 123 Å². The summed E-state index contributed by atoms with van der Waals surface area (Å²) in [4.78, 5) is 37.7. The summed E-state index contributed by atoms with van der Waals surface area (Å²) in [6, 6.07) is 0. The van der Waals surface area contributed by atoms with E-state index in [1.165, 1.54) is 24.6 Å². The average molecular weight is 404 g/mol. The van der Waals surface area contributed by atoms with Crippen molar-refractivity contribution in [3.8, 4) is 0 Å². The van der Waals surface area contributed by atoms with E-state index in [4.69, 9.17) is 19.9 Å². The predicted molar refractivity (Wildman–Crippen MR) is 86.5 cm³/mol. The summed E-state index contributed by atoms with van der Waals surface area (Å²) in [5.41, 5.74) is 5.63. The third kappa shape index (κ3) is 3.93. The van der Waals surface area contributed by atoms with E-state index in [-0.39, 0.29) is 12.4 Å². The van der Waals surface area contributed by atoms with E-state index >= 15 is 0 Å². The van der Waals surface area contributed by atoms with Crippen molar-refractivity contribution in [3.05, 3.63) is 22.2 Å². The number of rotatable bonds is 4. The van der Waals surface area contributed by atoms with E-state index in [1.807, 2.05) is 0 Å². The number of anilines is 1. The molecule has 2 rings (SSSR count). The molecular weight excluding hydrogens is 386 g/mol. The summed E-state index contributed by atoms with van der Waals surface area (Å²) < 4.78 is 17.2. The Labute approximate surface area is 146 Å². The molecule has 24 heavy (non-hydrogen) atoms. The number of halogens is 1. The van der Waals surface area contributed by atoms with Crippen molar-refractivity contribution in [2.24, 2.45) is 0 Å². The molecule has 1 saturated heterocycles. The van der Waals surface area contributed by atoms with Crippen LogP contribution in [0.3, 0.4) is 0 Å². The first-order chi connectivity index (χ1) is 11.2. The molecule has 1 aliphatic rings. The van der Waals surface area contributed by atoms with Crippen LogP contribution in [-0.2, 0) is 23.8 Å². The highest BCUT2D eigenvalue weighted by Crippen LogP contribution is 2.36. The number of nitrogens with two attached hydrogens (primary N) is 1. The van der Waals surface area contributed by atoms with Gasteiger partial charge >= 0.3 is 17.6 Å². The summed E-state index contributed by atoms with van der Waals surface area (Å²) in [7, 11) is 0. The van der Waals surface area contributed by atoms with Crippen molar-refractivity contribution >= 4 is 33.7 Å². The van der Waals surface area contributed by atoms with Gasteiger partial charge in [0, 0.05) is 25.6 Å². The first-order valence-electron chi connectivity index (χ1n) is 7.16. The minimum absolute atomic E-state index is 0.109. The van der Waals surface area contributed by atoms with Crippen LogP contribution in [0.15, 0.2) is 11.0 Å². The maximum Gasteiger partial charge on any atom is 0.351 e. The van der Waals surface area contributed by atoms with Gasteiger partial charge in [-0.1, -0.05) is 15.9 Å². The summed E-state index contributed by atoms with van der Waals surface area (Å²) in [6.45, 7) is 4.12. The number of alkyl halides is 1. The van der Waals surface area contributed by atoms with Crippen molar-refractivity contribution in [1.29, 1.82) is 0 Å². The maximum absolute atomic E-state index is 12.1. The minimum Gasteiger partial charge on any atom is -0.463 e. The number of ether oxygens (including phenoxy) is 3. The fourth-order valence-electron chi connectivity index (χ4n) is 2.35. The van der Waals surface area contributed by atoms with Crippen LogP contribution in [-0.4, -0.2) is 45.1 Å². The largest absolute Gasteiger partial charge is 0.463 e. The van der Waals surface area contributed by atoms with Crippen LogP contribution in [0.2, 0.25) is 0 Å². The average Bonchev–Trinajstić information content (AvgIpc) is 2.77. The molecule has 0 aliphatic carbocycles. The molecule has 1 aromatic heterocycles. The van der Waals surface area contributed by atoms with Gasteiger partial charge in [-0.05, 0) is 6.92 Å². The molecule has 0 spiro atoms. The predicted octanol–water partition coefficient (Wildman–Crippen LogP) is 0.290. The van der Waals surface area contributed by atoms with Crippen molar-refractivity contribution < 1.29 is 23.8 Å². The van der Waals surface area contributed by atoms with Crippen molar-refractivity contribution in [1.82, 2.24) is 9.55 Å². The lowest BCUT2D eigenvalue weighted by molar-refractivity contribution is -0.155. The van der Waals surface area contributed by atoms with Gasteiger partial charge < -0.3 is 19.9 Å². The van der Waals surface area contributed by atoms with E-state index in [0.29, 0.717) is 5.56 Å². The van der Waals surface area contributed by atoms with Gasteiger partial charge in [-0.3, -0.25) is 14.2 Å². The van der Waals surface area contributed by atoms with Crippen LogP contribution in [0.4, 0.5) is 5.82 Å². The monoisotopic (exact) mass is 403 g/mol. The van der Waals surface area contributed by atoms with E-state index in [9.17, 15) is 14.4 Å². The van der Waals surface area contributed by atoms with Crippen LogP contribution >= 0.6 is 15.9 Å². The summed E-state index contributed by atoms with van der Waals surface area (Å²) >= 11 is 3.40. The number of nitrogen functional groups attached to an aromatic ring is 1. The van der Waals surface area contributed by atoms with Crippen LogP contribution in [0.25, 0.3) is 0 Å². The Morgan fingerprint density at radius 1 is 1.42 bits per heavy atom. The number of nitrogens with zero attached hydrogens (tertiary/aromatic N) is 2. The van der Waals surface area contributed by atoms with Gasteiger partial charge in [0.25, 0.3) is 0 Å². The molecule has 0 aromatic carbocycles. The number of aromatic nitrogens is 2. The summed E-state index contributed by atoms with van der Waals surface area (Å²) in [5.74, 6) is -0.870. The normalized spacial score (nSPS) is 26.2. The molecule has 0 unspecified atom stereocenters. The second kappa shape index (κ2) is 7.31. The minimum atomic E-state index is -0.797. The molecule has 0 saturated carbocycles. The van der Waals surface area contributed by atoms with Crippen molar-refractivity contribution in [2.75, 3.05) is 12.3 Å². The van der Waals surface area contributed by atoms with Crippen LogP contribution in [0, 0.1) is 6.92 Å². The van der Waals surface area contributed by atoms with Gasteiger partial charge in [0.15, 0.2) is 6.23 Å². The highest BCUT2D eigenvalue weighted by Gasteiger charge is 2.47. The van der Waals surface area contributed by atoms with Gasteiger partial charge in [0.2, 0.25) is 0 Å². The first kappa shape index (κ1) is 18.4. The third-order valence-electron chi connectivity index (χ3n) is 3.47. The van der Waals surface area contributed by atoms with E-state index < -0.39 is 40.9 Å². The number of hydrogen-bond donors (Lipinski definition) is 1. The zero-order valence-corrected chi connectivity index (χ0v) is 15.0. The zero-order valence-electron chi connectivity index (χ0n) is 13.4. The molecule has 132 valence electrons. The number of esters is 2. The Bertz CT molecular complexity index is 706. The Kier molecular flexibility index (Phi) is 5.60. The molecule has 4 atom stereocenters. The fraction of sp³-hybridized carbons (Fsp3) is 0.571. The number of carbonyl (C=O) groups excluding carboxylic acids is 2. The quantitative estimate of drug-likeness (QED) is 0.561. The third-order valence-corrected chi connectivity index (χ3v) is 4.44.